The van der Waals surface area contributed by atoms with Gasteiger partial charge in [0, 0.05) is 22.1 Å². The van der Waals surface area contributed by atoms with E-state index >= 15 is 0 Å². The summed E-state index contributed by atoms with van der Waals surface area (Å²) in [6.07, 6.45) is 0.785. The maximum absolute atomic E-state index is 12.0. The van der Waals surface area contributed by atoms with Gasteiger partial charge in [-0.15, -0.1) is 0 Å². The number of amides is 1. The summed E-state index contributed by atoms with van der Waals surface area (Å²) in [5.74, 6) is 1.23. The summed E-state index contributed by atoms with van der Waals surface area (Å²) in [5.41, 5.74) is 1.83. The third-order valence-electron chi connectivity index (χ3n) is 3.44. The first-order valence-electron chi connectivity index (χ1n) is 7.90. The Hall–Kier alpha value is -1.27. The Morgan fingerprint density at radius 2 is 1.92 bits per heavy atom. The van der Waals surface area contributed by atoms with Crippen LogP contribution in [0.4, 0.5) is 0 Å². The van der Waals surface area contributed by atoms with Crippen LogP contribution in [0.25, 0.3) is 0 Å². The molecule has 0 aromatic heterocycles. The van der Waals surface area contributed by atoms with Gasteiger partial charge in [0.25, 0.3) is 5.91 Å². The minimum absolute atomic E-state index is 0.0257. The van der Waals surface area contributed by atoms with Crippen molar-refractivity contribution in [1.29, 1.82) is 0 Å². The number of carbonyl (C=O) groups excluding carboxylic acids is 1. The Morgan fingerprint density at radius 3 is 2.54 bits per heavy atom. The van der Waals surface area contributed by atoms with Crippen molar-refractivity contribution in [3.05, 3.63) is 62.2 Å². The molecule has 1 amide bonds. The molecular weight excluding hydrogens is 437 g/mol. The van der Waals surface area contributed by atoms with E-state index in [9.17, 15) is 4.79 Å². The van der Waals surface area contributed by atoms with E-state index in [-0.39, 0.29) is 5.91 Å². The molecule has 3 nitrogen and oxygen atoms in total. The van der Waals surface area contributed by atoms with E-state index in [0.29, 0.717) is 24.6 Å². The molecule has 0 heterocycles. The van der Waals surface area contributed by atoms with Crippen molar-refractivity contribution in [2.75, 3.05) is 13.2 Å². The van der Waals surface area contributed by atoms with Crippen molar-refractivity contribution in [3.8, 4) is 5.75 Å². The first-order valence-corrected chi connectivity index (χ1v) is 9.36. The van der Waals surface area contributed by atoms with Crippen molar-refractivity contribution < 1.29 is 9.53 Å². The molecule has 2 aromatic carbocycles. The number of ether oxygens (including phenoxy) is 1. The van der Waals surface area contributed by atoms with Crippen molar-refractivity contribution in [3.63, 3.8) is 0 Å². The molecule has 2 aromatic rings. The monoisotopic (exact) mass is 457 g/mol. The average Bonchev–Trinajstić information content (AvgIpc) is 2.56. The molecule has 0 saturated carbocycles. The summed E-state index contributed by atoms with van der Waals surface area (Å²) in [6.45, 7) is 5.42. The Balaban J connectivity index is 1.83. The van der Waals surface area contributed by atoms with Crippen LogP contribution in [0.15, 0.2) is 42.5 Å². The van der Waals surface area contributed by atoms with Gasteiger partial charge in [-0.1, -0.05) is 37.6 Å². The number of carbonyl (C=O) groups is 1. The Morgan fingerprint density at radius 1 is 1.21 bits per heavy atom. The normalized spacial score (nSPS) is 10.7. The highest BCUT2D eigenvalue weighted by Crippen LogP contribution is 2.23. The third kappa shape index (κ3) is 5.98. The summed E-state index contributed by atoms with van der Waals surface area (Å²) in [4.78, 5) is 12.0. The van der Waals surface area contributed by atoms with Gasteiger partial charge in [0.1, 0.15) is 5.75 Å². The second kappa shape index (κ2) is 9.28. The minimum atomic E-state index is -0.0257. The topological polar surface area (TPSA) is 38.3 Å². The molecule has 0 unspecified atom stereocenters. The Bertz CT molecular complexity index is 686. The molecule has 2 rings (SSSR count). The van der Waals surface area contributed by atoms with Gasteiger partial charge in [-0.2, -0.15) is 0 Å². The van der Waals surface area contributed by atoms with Gasteiger partial charge in [-0.3, -0.25) is 4.79 Å². The molecule has 0 radical (unpaired) electrons. The first-order chi connectivity index (χ1) is 11.5. The van der Waals surface area contributed by atoms with Crippen molar-refractivity contribution >= 4 is 40.1 Å². The number of halogens is 2. The molecule has 0 atom stereocenters. The standard InChI is InChI=1S/C19H21ClINO2/c1-13(2)12-22-19(23)15-5-3-14(4-6-15)9-10-24-16-7-8-17(20)18(21)11-16/h3-8,11,13H,9-10,12H2,1-2H3,(H,22,23). The van der Waals surface area contributed by atoms with Crippen molar-refractivity contribution in [2.24, 2.45) is 5.92 Å². The van der Waals surface area contributed by atoms with E-state index in [2.05, 4.69) is 41.8 Å². The fourth-order valence-corrected chi connectivity index (χ4v) is 2.68. The Labute approximate surface area is 161 Å². The van der Waals surface area contributed by atoms with Gasteiger partial charge in [0.05, 0.1) is 11.6 Å². The largest absolute Gasteiger partial charge is 0.493 e. The van der Waals surface area contributed by atoms with Gasteiger partial charge in [0.2, 0.25) is 0 Å². The molecule has 1 N–H and O–H groups in total. The second-order valence-electron chi connectivity index (χ2n) is 5.98. The molecule has 0 bridgehead atoms. The lowest BCUT2D eigenvalue weighted by Gasteiger charge is -2.09. The summed E-state index contributed by atoms with van der Waals surface area (Å²) in [6, 6.07) is 13.3. The van der Waals surface area contributed by atoms with E-state index in [1.165, 1.54) is 0 Å². The number of hydrogen-bond donors (Lipinski definition) is 1. The number of nitrogens with one attached hydrogen (secondary N) is 1. The van der Waals surface area contributed by atoms with Crippen LogP contribution in [0.5, 0.6) is 5.75 Å². The summed E-state index contributed by atoms with van der Waals surface area (Å²) in [5, 5.41) is 3.65. The molecule has 24 heavy (non-hydrogen) atoms. The van der Waals surface area contributed by atoms with Gasteiger partial charge >= 0.3 is 0 Å². The van der Waals surface area contributed by atoms with Crippen molar-refractivity contribution in [1.82, 2.24) is 5.32 Å². The van der Waals surface area contributed by atoms with E-state index in [4.69, 9.17) is 16.3 Å². The molecule has 0 aliphatic rings. The van der Waals surface area contributed by atoms with Crippen LogP contribution >= 0.6 is 34.2 Å². The predicted molar refractivity (Wildman–Crippen MR) is 107 cm³/mol. The molecule has 5 heteroatoms. The van der Waals surface area contributed by atoms with Gasteiger partial charge in [-0.05, 0) is 64.4 Å². The maximum atomic E-state index is 12.0. The zero-order valence-corrected chi connectivity index (χ0v) is 16.7. The zero-order valence-electron chi connectivity index (χ0n) is 13.8. The fraction of sp³-hybridized carbons (Fsp3) is 0.316. The lowest BCUT2D eigenvalue weighted by Crippen LogP contribution is -2.27. The lowest BCUT2D eigenvalue weighted by atomic mass is 10.1. The molecule has 128 valence electrons. The highest BCUT2D eigenvalue weighted by molar-refractivity contribution is 14.1. The van der Waals surface area contributed by atoms with Crippen LogP contribution in [-0.4, -0.2) is 19.1 Å². The van der Waals surface area contributed by atoms with Crippen LogP contribution < -0.4 is 10.1 Å². The predicted octanol–water partition coefficient (Wildman–Crippen LogP) is 4.95. The van der Waals surface area contributed by atoms with E-state index in [0.717, 1.165) is 26.3 Å². The summed E-state index contributed by atoms with van der Waals surface area (Å²) < 4.78 is 6.72. The SMILES string of the molecule is CC(C)CNC(=O)c1ccc(CCOc2ccc(Cl)c(I)c2)cc1. The molecule has 0 aliphatic carbocycles. The zero-order chi connectivity index (χ0) is 17.5. The molecular formula is C19H21ClINO2. The van der Waals surface area contributed by atoms with Gasteiger partial charge in [0.15, 0.2) is 0 Å². The quantitative estimate of drug-likeness (QED) is 0.597. The van der Waals surface area contributed by atoms with Crippen LogP contribution in [0.2, 0.25) is 5.02 Å². The second-order valence-corrected chi connectivity index (χ2v) is 7.54. The molecule has 0 aliphatic heterocycles. The minimum Gasteiger partial charge on any atom is -0.493 e. The summed E-state index contributed by atoms with van der Waals surface area (Å²) in [7, 11) is 0. The highest BCUT2D eigenvalue weighted by Gasteiger charge is 2.06. The summed E-state index contributed by atoms with van der Waals surface area (Å²) >= 11 is 8.18. The van der Waals surface area contributed by atoms with E-state index in [1.54, 1.807) is 0 Å². The lowest BCUT2D eigenvalue weighted by molar-refractivity contribution is 0.0949. The highest BCUT2D eigenvalue weighted by atomic mass is 127. The molecule has 0 saturated heterocycles. The van der Waals surface area contributed by atoms with Crippen LogP contribution in [-0.2, 0) is 6.42 Å². The van der Waals surface area contributed by atoms with Crippen LogP contribution in [0, 0.1) is 9.49 Å². The van der Waals surface area contributed by atoms with E-state index < -0.39 is 0 Å². The van der Waals surface area contributed by atoms with Gasteiger partial charge < -0.3 is 10.1 Å². The third-order valence-corrected chi connectivity index (χ3v) is 4.98. The van der Waals surface area contributed by atoms with Crippen LogP contribution in [0.3, 0.4) is 0 Å². The number of benzene rings is 2. The van der Waals surface area contributed by atoms with Crippen LogP contribution in [0.1, 0.15) is 29.8 Å². The Kier molecular flexibility index (Phi) is 7.37. The van der Waals surface area contributed by atoms with Crippen molar-refractivity contribution in [2.45, 2.75) is 20.3 Å². The smallest absolute Gasteiger partial charge is 0.251 e. The average molecular weight is 458 g/mol. The molecule has 0 fully saturated rings. The number of rotatable bonds is 7. The molecule has 0 spiro atoms. The van der Waals surface area contributed by atoms with E-state index in [1.807, 2.05) is 42.5 Å². The maximum Gasteiger partial charge on any atom is 0.251 e. The van der Waals surface area contributed by atoms with Gasteiger partial charge in [-0.25, -0.2) is 0 Å². The fourth-order valence-electron chi connectivity index (χ4n) is 2.08. The number of hydrogen-bond acceptors (Lipinski definition) is 2. The first kappa shape index (κ1) is 19.1.